The summed E-state index contributed by atoms with van der Waals surface area (Å²) in [6, 6.07) is 6.83. The number of nitrogens with zero attached hydrogens (tertiary/aromatic N) is 2. The van der Waals surface area contributed by atoms with Crippen molar-refractivity contribution < 1.29 is 13.2 Å². The molecule has 0 saturated carbocycles. The molecule has 1 N–H and O–H groups in total. The van der Waals surface area contributed by atoms with Crippen LogP contribution in [0.1, 0.15) is 28.4 Å². The first-order chi connectivity index (χ1) is 11.9. The highest BCUT2D eigenvalue weighted by Crippen LogP contribution is 2.38. The van der Waals surface area contributed by atoms with Gasteiger partial charge in [-0.3, -0.25) is 9.88 Å². The van der Waals surface area contributed by atoms with Gasteiger partial charge in [-0.1, -0.05) is 17.7 Å². The van der Waals surface area contributed by atoms with E-state index in [0.717, 1.165) is 36.5 Å². The number of aromatic nitrogens is 1. The van der Waals surface area contributed by atoms with Crippen LogP contribution in [0.25, 0.3) is 0 Å². The van der Waals surface area contributed by atoms with E-state index >= 15 is 0 Å². The molecule has 7 heteroatoms. The summed E-state index contributed by atoms with van der Waals surface area (Å²) in [6.07, 6.45) is -2.74. The van der Waals surface area contributed by atoms with Crippen molar-refractivity contribution in [2.75, 3.05) is 26.2 Å². The van der Waals surface area contributed by atoms with Gasteiger partial charge >= 0.3 is 6.18 Å². The van der Waals surface area contributed by atoms with Gasteiger partial charge < -0.3 is 5.32 Å². The number of piperazine rings is 1. The molecule has 1 aromatic carbocycles. The monoisotopic (exact) mass is 369 g/mol. The number of benzene rings is 1. The molecule has 2 aromatic rings. The van der Waals surface area contributed by atoms with Gasteiger partial charge in [0.2, 0.25) is 0 Å². The van der Waals surface area contributed by atoms with Crippen molar-refractivity contribution in [2.24, 2.45) is 0 Å². The van der Waals surface area contributed by atoms with Gasteiger partial charge in [0.15, 0.2) is 0 Å². The van der Waals surface area contributed by atoms with Crippen molar-refractivity contribution >= 4 is 11.6 Å². The Hall–Kier alpha value is -1.63. The first-order valence-electron chi connectivity index (χ1n) is 8.11. The molecule has 1 aromatic heterocycles. The zero-order valence-corrected chi connectivity index (χ0v) is 14.5. The van der Waals surface area contributed by atoms with E-state index in [9.17, 15) is 13.2 Å². The van der Waals surface area contributed by atoms with Crippen LogP contribution in [-0.2, 0) is 6.18 Å². The van der Waals surface area contributed by atoms with E-state index in [2.05, 4.69) is 15.2 Å². The lowest BCUT2D eigenvalue weighted by atomic mass is 9.96. The Bertz CT molecular complexity index is 743. The van der Waals surface area contributed by atoms with E-state index in [1.807, 2.05) is 19.1 Å². The Kier molecular flexibility index (Phi) is 5.32. The van der Waals surface area contributed by atoms with Crippen molar-refractivity contribution in [3.05, 3.63) is 63.9 Å². The molecule has 1 atom stereocenters. The quantitative estimate of drug-likeness (QED) is 0.884. The van der Waals surface area contributed by atoms with E-state index in [0.29, 0.717) is 23.7 Å². The molecule has 0 bridgehead atoms. The second-order valence-electron chi connectivity index (χ2n) is 6.13. The van der Waals surface area contributed by atoms with Crippen LogP contribution < -0.4 is 5.32 Å². The number of aryl methyl sites for hydroxylation is 1. The van der Waals surface area contributed by atoms with Crippen LogP contribution in [-0.4, -0.2) is 36.1 Å². The molecule has 0 radical (unpaired) electrons. The van der Waals surface area contributed by atoms with E-state index in [1.165, 1.54) is 6.07 Å². The summed E-state index contributed by atoms with van der Waals surface area (Å²) < 4.78 is 39.6. The van der Waals surface area contributed by atoms with Crippen LogP contribution >= 0.6 is 11.6 Å². The highest BCUT2D eigenvalue weighted by atomic mass is 35.5. The maximum Gasteiger partial charge on any atom is 0.416 e. The lowest BCUT2D eigenvalue weighted by Gasteiger charge is -2.36. The third kappa shape index (κ3) is 3.97. The van der Waals surface area contributed by atoms with E-state index < -0.39 is 17.8 Å². The predicted octanol–water partition coefficient (Wildman–Crippen LogP) is 4.06. The molecule has 1 aliphatic rings. The number of hydrogen-bond acceptors (Lipinski definition) is 3. The molecule has 25 heavy (non-hydrogen) atoms. The molecule has 1 fully saturated rings. The number of pyridine rings is 1. The maximum atomic E-state index is 13.2. The van der Waals surface area contributed by atoms with Gasteiger partial charge in [-0.05, 0) is 42.3 Å². The maximum absolute atomic E-state index is 13.2. The standard InChI is InChI=1S/C18H19ClF3N3/c1-12-3-2-6-24-16(12)17(25-9-7-23-8-10-25)14-11-13(18(20,21)22)4-5-15(14)19/h2-6,11,17,23H,7-10H2,1H3. The second-order valence-corrected chi connectivity index (χ2v) is 6.54. The molecular formula is C18H19ClF3N3. The van der Waals surface area contributed by atoms with Gasteiger partial charge in [0, 0.05) is 37.4 Å². The topological polar surface area (TPSA) is 28.2 Å². The Morgan fingerprint density at radius 2 is 1.92 bits per heavy atom. The minimum absolute atomic E-state index is 0.321. The van der Waals surface area contributed by atoms with Gasteiger partial charge in [0.1, 0.15) is 0 Å². The average Bonchev–Trinajstić information content (AvgIpc) is 2.58. The summed E-state index contributed by atoms with van der Waals surface area (Å²) in [6.45, 7) is 4.90. The van der Waals surface area contributed by atoms with Gasteiger partial charge in [0.25, 0.3) is 0 Å². The molecule has 3 nitrogen and oxygen atoms in total. The average molecular weight is 370 g/mol. The largest absolute Gasteiger partial charge is 0.416 e. The Balaban J connectivity index is 2.13. The molecule has 1 aliphatic heterocycles. The fourth-order valence-corrected chi connectivity index (χ4v) is 3.39. The van der Waals surface area contributed by atoms with Crippen LogP contribution in [0, 0.1) is 6.92 Å². The van der Waals surface area contributed by atoms with Crippen molar-refractivity contribution in [3.63, 3.8) is 0 Å². The molecule has 134 valence electrons. The number of nitrogens with one attached hydrogen (secondary N) is 1. The van der Waals surface area contributed by atoms with Gasteiger partial charge in [-0.2, -0.15) is 13.2 Å². The van der Waals surface area contributed by atoms with Crippen LogP contribution in [0.3, 0.4) is 0 Å². The summed E-state index contributed by atoms with van der Waals surface area (Å²) in [5.74, 6) is 0. The van der Waals surface area contributed by atoms with E-state index in [1.54, 1.807) is 6.20 Å². The highest BCUT2D eigenvalue weighted by Gasteiger charge is 2.34. The normalized spacial score (nSPS) is 17.5. The first-order valence-corrected chi connectivity index (χ1v) is 8.48. The molecular weight excluding hydrogens is 351 g/mol. The molecule has 0 spiro atoms. The summed E-state index contributed by atoms with van der Waals surface area (Å²) in [4.78, 5) is 6.59. The highest BCUT2D eigenvalue weighted by molar-refractivity contribution is 6.31. The van der Waals surface area contributed by atoms with Gasteiger partial charge in [-0.25, -0.2) is 0 Å². The molecule has 0 aliphatic carbocycles. The minimum Gasteiger partial charge on any atom is -0.314 e. The smallest absolute Gasteiger partial charge is 0.314 e. The molecule has 1 unspecified atom stereocenters. The number of hydrogen-bond donors (Lipinski definition) is 1. The van der Waals surface area contributed by atoms with E-state index in [-0.39, 0.29) is 0 Å². The van der Waals surface area contributed by atoms with Crippen LogP contribution in [0.5, 0.6) is 0 Å². The van der Waals surface area contributed by atoms with Crippen molar-refractivity contribution in [3.8, 4) is 0 Å². The Labute approximate surface area is 149 Å². The third-order valence-corrected chi connectivity index (χ3v) is 4.79. The van der Waals surface area contributed by atoms with Crippen molar-refractivity contribution in [1.29, 1.82) is 0 Å². The molecule has 3 rings (SSSR count). The van der Waals surface area contributed by atoms with Crippen LogP contribution in [0.4, 0.5) is 13.2 Å². The van der Waals surface area contributed by atoms with E-state index in [4.69, 9.17) is 11.6 Å². The summed E-state index contributed by atoms with van der Waals surface area (Å²) in [5, 5.41) is 3.58. The second kappa shape index (κ2) is 7.32. The Morgan fingerprint density at radius 1 is 1.20 bits per heavy atom. The lowest BCUT2D eigenvalue weighted by molar-refractivity contribution is -0.137. The van der Waals surface area contributed by atoms with Crippen LogP contribution in [0.2, 0.25) is 5.02 Å². The number of halogens is 4. The predicted molar refractivity (Wildman–Crippen MR) is 91.7 cm³/mol. The van der Waals surface area contributed by atoms with Crippen molar-refractivity contribution in [1.82, 2.24) is 15.2 Å². The zero-order valence-electron chi connectivity index (χ0n) is 13.8. The summed E-state index contributed by atoms with van der Waals surface area (Å²) >= 11 is 6.33. The SMILES string of the molecule is Cc1cccnc1C(c1cc(C(F)(F)F)ccc1Cl)N1CCNCC1. The summed E-state index contributed by atoms with van der Waals surface area (Å²) in [7, 11) is 0. The van der Waals surface area contributed by atoms with Gasteiger partial charge in [0.05, 0.1) is 17.3 Å². The van der Waals surface area contributed by atoms with Crippen molar-refractivity contribution in [2.45, 2.75) is 19.1 Å². The summed E-state index contributed by atoms with van der Waals surface area (Å²) in [5.41, 5.74) is 1.42. The molecule has 0 amide bonds. The Morgan fingerprint density at radius 3 is 2.56 bits per heavy atom. The number of rotatable bonds is 3. The number of alkyl halides is 3. The van der Waals surface area contributed by atoms with Gasteiger partial charge in [-0.15, -0.1) is 0 Å². The fourth-order valence-electron chi connectivity index (χ4n) is 3.17. The first kappa shape index (κ1) is 18.2. The molecule has 2 heterocycles. The third-order valence-electron chi connectivity index (χ3n) is 4.44. The van der Waals surface area contributed by atoms with Crippen LogP contribution in [0.15, 0.2) is 36.5 Å². The zero-order chi connectivity index (χ0) is 18.0. The molecule has 1 saturated heterocycles. The fraction of sp³-hybridized carbons (Fsp3) is 0.389. The minimum atomic E-state index is -4.41. The lowest BCUT2D eigenvalue weighted by Crippen LogP contribution is -2.45.